The molecule has 2 aromatic carbocycles. The van der Waals surface area contributed by atoms with E-state index < -0.39 is 16.0 Å². The van der Waals surface area contributed by atoms with Crippen LogP contribution in [0.4, 0.5) is 4.39 Å². The summed E-state index contributed by atoms with van der Waals surface area (Å²) in [5.41, 5.74) is 0.766. The standard InChI is InChI=1S/C16H16FNO4S/c1-2-18-23(20,21)15-5-3-4-13(10-15)16(19)22-11-12-6-8-14(17)9-7-12/h3-10,18H,2,11H2,1H3. The summed E-state index contributed by atoms with van der Waals surface area (Å²) in [7, 11) is -3.64. The normalized spacial score (nSPS) is 11.2. The first kappa shape index (κ1) is 17.1. The van der Waals surface area contributed by atoms with Gasteiger partial charge in [0, 0.05) is 6.54 Å². The van der Waals surface area contributed by atoms with Gasteiger partial charge >= 0.3 is 5.97 Å². The van der Waals surface area contributed by atoms with E-state index >= 15 is 0 Å². The number of rotatable bonds is 6. The van der Waals surface area contributed by atoms with E-state index in [9.17, 15) is 17.6 Å². The van der Waals surface area contributed by atoms with Gasteiger partial charge in [0.25, 0.3) is 0 Å². The van der Waals surface area contributed by atoms with Gasteiger partial charge in [-0.3, -0.25) is 0 Å². The lowest BCUT2D eigenvalue weighted by Gasteiger charge is -2.08. The van der Waals surface area contributed by atoms with Crippen LogP contribution in [-0.4, -0.2) is 20.9 Å². The van der Waals surface area contributed by atoms with Gasteiger partial charge in [-0.1, -0.05) is 25.1 Å². The third kappa shape index (κ3) is 4.61. The number of hydrogen-bond donors (Lipinski definition) is 1. The third-order valence-corrected chi connectivity index (χ3v) is 4.54. The summed E-state index contributed by atoms with van der Waals surface area (Å²) < 4.78 is 44.1. The van der Waals surface area contributed by atoms with Gasteiger partial charge in [0.15, 0.2) is 0 Å². The summed E-state index contributed by atoms with van der Waals surface area (Å²) in [6, 6.07) is 11.2. The molecule has 0 radical (unpaired) electrons. The lowest BCUT2D eigenvalue weighted by Crippen LogP contribution is -2.23. The van der Waals surface area contributed by atoms with Crippen molar-refractivity contribution >= 4 is 16.0 Å². The van der Waals surface area contributed by atoms with E-state index in [2.05, 4.69) is 4.72 Å². The molecule has 5 nitrogen and oxygen atoms in total. The monoisotopic (exact) mass is 337 g/mol. The largest absolute Gasteiger partial charge is 0.457 e. The van der Waals surface area contributed by atoms with Gasteiger partial charge in [-0.2, -0.15) is 0 Å². The van der Waals surface area contributed by atoms with Crippen molar-refractivity contribution in [2.24, 2.45) is 0 Å². The van der Waals surface area contributed by atoms with Crippen molar-refractivity contribution in [2.45, 2.75) is 18.4 Å². The summed E-state index contributed by atoms with van der Waals surface area (Å²) in [6.07, 6.45) is 0. The van der Waals surface area contributed by atoms with Gasteiger partial charge in [-0.25, -0.2) is 22.3 Å². The Morgan fingerprint density at radius 3 is 2.52 bits per heavy atom. The van der Waals surface area contributed by atoms with Gasteiger partial charge in [-0.05, 0) is 35.9 Å². The number of halogens is 1. The molecule has 0 aromatic heterocycles. The first-order valence-electron chi connectivity index (χ1n) is 6.93. The summed E-state index contributed by atoms with van der Waals surface area (Å²) >= 11 is 0. The van der Waals surface area contributed by atoms with Gasteiger partial charge in [-0.15, -0.1) is 0 Å². The zero-order valence-corrected chi connectivity index (χ0v) is 13.3. The Morgan fingerprint density at radius 1 is 1.17 bits per heavy atom. The molecule has 0 spiro atoms. The molecule has 0 aliphatic heterocycles. The maximum absolute atomic E-state index is 12.8. The molecule has 0 amide bonds. The molecule has 0 heterocycles. The van der Waals surface area contributed by atoms with Crippen LogP contribution in [0.5, 0.6) is 0 Å². The molecule has 2 aromatic rings. The molecule has 0 saturated carbocycles. The lowest BCUT2D eigenvalue weighted by atomic mass is 10.2. The number of hydrogen-bond acceptors (Lipinski definition) is 4. The fourth-order valence-corrected chi connectivity index (χ4v) is 2.96. The highest BCUT2D eigenvalue weighted by atomic mass is 32.2. The minimum Gasteiger partial charge on any atom is -0.457 e. The summed E-state index contributed by atoms with van der Waals surface area (Å²) in [5, 5.41) is 0. The third-order valence-electron chi connectivity index (χ3n) is 3.00. The molecule has 1 N–H and O–H groups in total. The van der Waals surface area contributed by atoms with Crippen LogP contribution in [0.1, 0.15) is 22.8 Å². The van der Waals surface area contributed by atoms with E-state index in [1.165, 1.54) is 48.5 Å². The molecule has 2 rings (SSSR count). The van der Waals surface area contributed by atoms with Crippen LogP contribution in [0, 0.1) is 5.82 Å². The topological polar surface area (TPSA) is 72.5 Å². The highest BCUT2D eigenvalue weighted by Crippen LogP contribution is 2.13. The Hall–Kier alpha value is -2.25. The Kier molecular flexibility index (Phi) is 5.46. The quantitative estimate of drug-likeness (QED) is 0.822. The van der Waals surface area contributed by atoms with Crippen LogP contribution < -0.4 is 4.72 Å². The number of carbonyl (C=O) groups is 1. The number of sulfonamides is 1. The fourth-order valence-electron chi connectivity index (χ4n) is 1.88. The Labute approximate surface area is 134 Å². The van der Waals surface area contributed by atoms with E-state index in [-0.39, 0.29) is 29.4 Å². The van der Waals surface area contributed by atoms with E-state index in [1.807, 2.05) is 0 Å². The Morgan fingerprint density at radius 2 is 1.87 bits per heavy atom. The average molecular weight is 337 g/mol. The number of benzene rings is 2. The van der Waals surface area contributed by atoms with Crippen LogP contribution >= 0.6 is 0 Å². The second kappa shape index (κ2) is 7.34. The van der Waals surface area contributed by atoms with Crippen molar-refractivity contribution in [1.29, 1.82) is 0 Å². The SMILES string of the molecule is CCNS(=O)(=O)c1cccc(C(=O)OCc2ccc(F)cc2)c1. The summed E-state index contributed by atoms with van der Waals surface area (Å²) in [5.74, 6) is -1.02. The molecule has 0 atom stereocenters. The number of nitrogens with one attached hydrogen (secondary N) is 1. The van der Waals surface area contributed by atoms with Crippen molar-refractivity contribution < 1.29 is 22.3 Å². The maximum atomic E-state index is 12.8. The summed E-state index contributed by atoms with van der Waals surface area (Å²) in [4.78, 5) is 12.0. The smallest absolute Gasteiger partial charge is 0.338 e. The Balaban J connectivity index is 2.09. The molecular weight excluding hydrogens is 321 g/mol. The van der Waals surface area contributed by atoms with Gasteiger partial charge < -0.3 is 4.74 Å². The van der Waals surface area contributed by atoms with Crippen molar-refractivity contribution in [1.82, 2.24) is 4.72 Å². The molecule has 7 heteroatoms. The van der Waals surface area contributed by atoms with Gasteiger partial charge in [0.1, 0.15) is 12.4 Å². The van der Waals surface area contributed by atoms with E-state index in [1.54, 1.807) is 6.92 Å². The van der Waals surface area contributed by atoms with Crippen molar-refractivity contribution in [3.63, 3.8) is 0 Å². The predicted octanol–water partition coefficient (Wildman–Crippen LogP) is 2.48. The molecule has 0 bridgehead atoms. The van der Waals surface area contributed by atoms with Crippen molar-refractivity contribution in [3.8, 4) is 0 Å². The highest BCUT2D eigenvalue weighted by Gasteiger charge is 2.15. The Bertz CT molecular complexity index is 788. The molecule has 0 aliphatic carbocycles. The first-order valence-corrected chi connectivity index (χ1v) is 8.42. The van der Waals surface area contributed by atoms with Crippen LogP contribution in [-0.2, 0) is 21.4 Å². The molecule has 23 heavy (non-hydrogen) atoms. The number of esters is 1. The predicted molar refractivity (Wildman–Crippen MR) is 82.8 cm³/mol. The van der Waals surface area contributed by atoms with Crippen molar-refractivity contribution in [3.05, 3.63) is 65.5 Å². The average Bonchev–Trinajstić information content (AvgIpc) is 2.54. The van der Waals surface area contributed by atoms with Gasteiger partial charge in [0.2, 0.25) is 10.0 Å². The molecule has 0 unspecified atom stereocenters. The maximum Gasteiger partial charge on any atom is 0.338 e. The second-order valence-corrected chi connectivity index (χ2v) is 6.50. The fraction of sp³-hybridized carbons (Fsp3) is 0.188. The molecule has 0 aliphatic rings. The van der Waals surface area contributed by atoms with E-state index in [0.29, 0.717) is 5.56 Å². The van der Waals surface area contributed by atoms with Crippen LogP contribution in [0.3, 0.4) is 0 Å². The molecule has 0 fully saturated rings. The van der Waals surface area contributed by atoms with E-state index in [4.69, 9.17) is 4.74 Å². The van der Waals surface area contributed by atoms with Crippen LogP contribution in [0.25, 0.3) is 0 Å². The van der Waals surface area contributed by atoms with Crippen molar-refractivity contribution in [2.75, 3.05) is 6.54 Å². The van der Waals surface area contributed by atoms with E-state index in [0.717, 1.165) is 0 Å². The zero-order valence-electron chi connectivity index (χ0n) is 12.5. The van der Waals surface area contributed by atoms with Crippen LogP contribution in [0.15, 0.2) is 53.4 Å². The first-order chi connectivity index (χ1) is 10.9. The number of ether oxygens (including phenoxy) is 1. The molecule has 122 valence electrons. The van der Waals surface area contributed by atoms with Crippen LogP contribution in [0.2, 0.25) is 0 Å². The minimum absolute atomic E-state index is 0.00409. The second-order valence-electron chi connectivity index (χ2n) is 4.73. The zero-order chi connectivity index (χ0) is 16.9. The summed E-state index contributed by atoms with van der Waals surface area (Å²) in [6.45, 7) is 1.89. The van der Waals surface area contributed by atoms with Gasteiger partial charge in [0.05, 0.1) is 10.5 Å². The number of carbonyl (C=O) groups excluding carboxylic acids is 1. The minimum atomic E-state index is -3.64. The lowest BCUT2D eigenvalue weighted by molar-refractivity contribution is 0.0472. The highest BCUT2D eigenvalue weighted by molar-refractivity contribution is 7.89. The molecular formula is C16H16FNO4S. The molecule has 0 saturated heterocycles.